The van der Waals surface area contributed by atoms with E-state index in [4.69, 9.17) is 4.74 Å². The van der Waals surface area contributed by atoms with E-state index in [0.717, 1.165) is 30.5 Å². The summed E-state index contributed by atoms with van der Waals surface area (Å²) in [7, 11) is 0. The Balaban J connectivity index is 2.49. The lowest BCUT2D eigenvalue weighted by Gasteiger charge is -2.18. The molecule has 2 aromatic rings. The van der Waals surface area contributed by atoms with E-state index in [2.05, 4.69) is 38.5 Å². The van der Waals surface area contributed by atoms with Crippen molar-refractivity contribution >= 4 is 38.5 Å². The van der Waals surface area contributed by atoms with E-state index in [0.29, 0.717) is 6.61 Å². The van der Waals surface area contributed by atoms with Gasteiger partial charge in [-0.15, -0.1) is 0 Å². The summed E-state index contributed by atoms with van der Waals surface area (Å²) in [5.74, 6) is 0.733. The number of rotatable bonds is 4. The predicted octanol–water partition coefficient (Wildman–Crippen LogP) is 4.84. The van der Waals surface area contributed by atoms with Gasteiger partial charge in [0.15, 0.2) is 0 Å². The maximum Gasteiger partial charge on any atom is 0.125 e. The predicted molar refractivity (Wildman–Crippen MR) is 93.3 cm³/mol. The van der Waals surface area contributed by atoms with Crippen LogP contribution in [0.1, 0.15) is 29.7 Å². The van der Waals surface area contributed by atoms with Gasteiger partial charge in [-0.05, 0) is 66.8 Å². The van der Waals surface area contributed by atoms with Gasteiger partial charge in [0.2, 0.25) is 0 Å². The molecule has 0 radical (unpaired) electrons. The summed E-state index contributed by atoms with van der Waals surface area (Å²) < 4.78 is 7.61. The van der Waals surface area contributed by atoms with Gasteiger partial charge in [0.05, 0.1) is 6.61 Å². The summed E-state index contributed by atoms with van der Waals surface area (Å²) in [5, 5.41) is 10.7. The molecule has 2 nitrogen and oxygen atoms in total. The van der Waals surface area contributed by atoms with Crippen molar-refractivity contribution < 1.29 is 9.84 Å². The van der Waals surface area contributed by atoms with Crippen molar-refractivity contribution in [2.75, 3.05) is 6.61 Å². The number of halogens is 2. The minimum absolute atomic E-state index is 0.580. The third kappa shape index (κ3) is 3.54. The van der Waals surface area contributed by atoms with Crippen LogP contribution in [0.2, 0.25) is 0 Å². The number of ether oxygens (including phenoxy) is 1. The topological polar surface area (TPSA) is 29.5 Å². The summed E-state index contributed by atoms with van der Waals surface area (Å²) in [5.41, 5.74) is 2.75. The highest BCUT2D eigenvalue weighted by molar-refractivity contribution is 14.1. The molecule has 0 aliphatic carbocycles. The number of aliphatic hydroxyl groups excluding tert-OH is 1. The van der Waals surface area contributed by atoms with Crippen molar-refractivity contribution in [3.8, 4) is 5.75 Å². The van der Waals surface area contributed by atoms with Gasteiger partial charge in [0.1, 0.15) is 11.9 Å². The standard InChI is InChI=1S/C16H16BrIO2/c1-3-20-15-7-4-10(2)8-13(15)16(19)12-9-11(18)5-6-14(12)17/h4-9,16,19H,3H2,1-2H3. The average Bonchev–Trinajstić information content (AvgIpc) is 2.43. The molecule has 0 aliphatic heterocycles. The number of hydrogen-bond acceptors (Lipinski definition) is 2. The van der Waals surface area contributed by atoms with Gasteiger partial charge in [0.25, 0.3) is 0 Å². The largest absolute Gasteiger partial charge is 0.493 e. The highest BCUT2D eigenvalue weighted by Crippen LogP contribution is 2.35. The van der Waals surface area contributed by atoms with Gasteiger partial charge in [-0.2, -0.15) is 0 Å². The molecule has 20 heavy (non-hydrogen) atoms. The van der Waals surface area contributed by atoms with Crippen molar-refractivity contribution in [2.45, 2.75) is 20.0 Å². The molecule has 0 fully saturated rings. The van der Waals surface area contributed by atoms with Crippen LogP contribution in [-0.2, 0) is 0 Å². The molecule has 0 aliphatic rings. The molecule has 106 valence electrons. The lowest BCUT2D eigenvalue weighted by atomic mass is 9.99. The summed E-state index contributed by atoms with van der Waals surface area (Å²) in [6.45, 7) is 4.53. The Bertz CT molecular complexity index is 613. The van der Waals surface area contributed by atoms with Gasteiger partial charge in [-0.1, -0.05) is 27.6 Å². The Kier molecular flexibility index (Phi) is 5.46. The maximum atomic E-state index is 10.7. The minimum Gasteiger partial charge on any atom is -0.493 e. The zero-order chi connectivity index (χ0) is 14.7. The fourth-order valence-corrected chi connectivity index (χ4v) is 3.04. The van der Waals surface area contributed by atoms with Crippen LogP contribution in [0, 0.1) is 10.5 Å². The van der Waals surface area contributed by atoms with Gasteiger partial charge >= 0.3 is 0 Å². The van der Waals surface area contributed by atoms with Crippen LogP contribution in [-0.4, -0.2) is 11.7 Å². The molecule has 0 heterocycles. The monoisotopic (exact) mass is 446 g/mol. The molecule has 0 bridgehead atoms. The van der Waals surface area contributed by atoms with Crippen LogP contribution in [0.4, 0.5) is 0 Å². The zero-order valence-electron chi connectivity index (χ0n) is 11.4. The van der Waals surface area contributed by atoms with Crippen molar-refractivity contribution in [3.63, 3.8) is 0 Å². The number of aryl methyl sites for hydroxylation is 1. The molecule has 0 saturated heterocycles. The molecule has 0 aromatic heterocycles. The Labute approximate surface area is 141 Å². The second-order valence-electron chi connectivity index (χ2n) is 4.54. The van der Waals surface area contributed by atoms with E-state index >= 15 is 0 Å². The second-order valence-corrected chi connectivity index (χ2v) is 6.64. The Morgan fingerprint density at radius 2 is 1.95 bits per heavy atom. The number of aliphatic hydroxyl groups is 1. The van der Waals surface area contributed by atoms with E-state index in [1.807, 2.05) is 50.2 Å². The molecule has 2 aromatic carbocycles. The van der Waals surface area contributed by atoms with E-state index in [1.54, 1.807) is 0 Å². The van der Waals surface area contributed by atoms with Crippen LogP contribution < -0.4 is 4.74 Å². The molecule has 1 N–H and O–H groups in total. The Hall–Kier alpha value is -0.590. The van der Waals surface area contributed by atoms with Crippen molar-refractivity contribution in [3.05, 3.63) is 61.1 Å². The van der Waals surface area contributed by atoms with Gasteiger partial charge in [-0.3, -0.25) is 0 Å². The fourth-order valence-electron chi connectivity index (χ4n) is 2.06. The van der Waals surface area contributed by atoms with Crippen molar-refractivity contribution in [1.82, 2.24) is 0 Å². The van der Waals surface area contributed by atoms with Crippen molar-refractivity contribution in [2.24, 2.45) is 0 Å². The van der Waals surface area contributed by atoms with Gasteiger partial charge in [-0.25, -0.2) is 0 Å². The normalized spacial score (nSPS) is 12.2. The summed E-state index contributed by atoms with van der Waals surface area (Å²) in [6.07, 6.45) is -0.708. The van der Waals surface area contributed by atoms with E-state index < -0.39 is 6.10 Å². The fraction of sp³-hybridized carbons (Fsp3) is 0.250. The highest BCUT2D eigenvalue weighted by atomic mass is 127. The number of hydrogen-bond donors (Lipinski definition) is 1. The SMILES string of the molecule is CCOc1ccc(C)cc1C(O)c1cc(I)ccc1Br. The minimum atomic E-state index is -0.708. The van der Waals surface area contributed by atoms with Crippen LogP contribution >= 0.6 is 38.5 Å². The lowest BCUT2D eigenvalue weighted by molar-refractivity contribution is 0.211. The Morgan fingerprint density at radius 1 is 1.20 bits per heavy atom. The first-order chi connectivity index (χ1) is 9.52. The second kappa shape index (κ2) is 6.91. The highest BCUT2D eigenvalue weighted by Gasteiger charge is 2.18. The first kappa shape index (κ1) is 15.8. The van der Waals surface area contributed by atoms with Crippen molar-refractivity contribution in [1.29, 1.82) is 0 Å². The quantitative estimate of drug-likeness (QED) is 0.680. The van der Waals surface area contributed by atoms with E-state index in [-0.39, 0.29) is 0 Å². The van der Waals surface area contributed by atoms with E-state index in [1.165, 1.54) is 0 Å². The first-order valence-electron chi connectivity index (χ1n) is 6.39. The third-order valence-electron chi connectivity index (χ3n) is 3.01. The van der Waals surface area contributed by atoms with Crippen LogP contribution in [0.3, 0.4) is 0 Å². The maximum absolute atomic E-state index is 10.7. The first-order valence-corrected chi connectivity index (χ1v) is 8.26. The summed E-state index contributed by atoms with van der Waals surface area (Å²) >= 11 is 5.75. The smallest absolute Gasteiger partial charge is 0.125 e. The molecular weight excluding hydrogens is 431 g/mol. The summed E-state index contributed by atoms with van der Waals surface area (Å²) in [4.78, 5) is 0. The zero-order valence-corrected chi connectivity index (χ0v) is 15.1. The van der Waals surface area contributed by atoms with Gasteiger partial charge < -0.3 is 9.84 Å². The molecule has 1 atom stereocenters. The molecule has 0 amide bonds. The average molecular weight is 447 g/mol. The van der Waals surface area contributed by atoms with Gasteiger partial charge in [0, 0.05) is 19.2 Å². The molecule has 0 spiro atoms. The molecule has 2 rings (SSSR count). The van der Waals surface area contributed by atoms with Crippen LogP contribution in [0.25, 0.3) is 0 Å². The van der Waals surface area contributed by atoms with Crippen LogP contribution in [0.5, 0.6) is 5.75 Å². The third-order valence-corrected chi connectivity index (χ3v) is 4.41. The number of benzene rings is 2. The lowest BCUT2D eigenvalue weighted by Crippen LogP contribution is -2.05. The van der Waals surface area contributed by atoms with E-state index in [9.17, 15) is 5.11 Å². The van der Waals surface area contributed by atoms with Crippen LogP contribution in [0.15, 0.2) is 40.9 Å². The molecule has 0 saturated carbocycles. The molecular formula is C16H16BrIO2. The summed E-state index contributed by atoms with van der Waals surface area (Å²) in [6, 6.07) is 11.8. The molecule has 1 unspecified atom stereocenters. The molecule has 4 heteroatoms. The Morgan fingerprint density at radius 3 is 2.65 bits per heavy atom.